The maximum atomic E-state index is 12.5. The molecule has 0 spiro atoms. The van der Waals surface area contributed by atoms with Crippen molar-refractivity contribution in [2.75, 3.05) is 26.9 Å². The van der Waals surface area contributed by atoms with Crippen LogP contribution >= 0.6 is 0 Å². The fourth-order valence-corrected chi connectivity index (χ4v) is 2.98. The van der Waals surface area contributed by atoms with E-state index in [4.69, 9.17) is 14.2 Å². The Hall–Kier alpha value is -1.70. The van der Waals surface area contributed by atoms with Gasteiger partial charge >= 0.3 is 5.97 Å². The van der Waals surface area contributed by atoms with E-state index in [1.807, 2.05) is 6.92 Å². The van der Waals surface area contributed by atoms with E-state index in [0.29, 0.717) is 6.61 Å². The second-order valence-electron chi connectivity index (χ2n) is 6.55. The third-order valence-corrected chi connectivity index (χ3v) is 4.52. The Balaban J connectivity index is 3.08. The van der Waals surface area contributed by atoms with Gasteiger partial charge in [0.1, 0.15) is 5.60 Å². The van der Waals surface area contributed by atoms with Gasteiger partial charge in [-0.25, -0.2) is 13.2 Å². The van der Waals surface area contributed by atoms with Gasteiger partial charge < -0.3 is 14.2 Å². The maximum absolute atomic E-state index is 12.5. The van der Waals surface area contributed by atoms with E-state index in [9.17, 15) is 13.2 Å². The SMILES string of the molecule is COCCOCC(=CS(=O)(=O)c1ccc(C)cc1)C(=O)OC(C)(C)C. The molecule has 0 aromatic heterocycles. The summed E-state index contributed by atoms with van der Waals surface area (Å²) in [5, 5.41) is 0.915. The molecule has 0 radical (unpaired) electrons. The molecule has 1 aromatic carbocycles. The highest BCUT2D eigenvalue weighted by Crippen LogP contribution is 2.18. The van der Waals surface area contributed by atoms with Gasteiger partial charge in [0, 0.05) is 12.5 Å². The van der Waals surface area contributed by atoms with Crippen molar-refractivity contribution in [3.05, 3.63) is 40.8 Å². The molecule has 1 rings (SSSR count). The number of hydrogen-bond donors (Lipinski definition) is 0. The Morgan fingerprint density at radius 3 is 2.24 bits per heavy atom. The van der Waals surface area contributed by atoms with E-state index in [1.54, 1.807) is 32.9 Å². The van der Waals surface area contributed by atoms with Gasteiger partial charge in [-0.1, -0.05) is 17.7 Å². The van der Waals surface area contributed by atoms with E-state index in [0.717, 1.165) is 11.0 Å². The highest BCUT2D eigenvalue weighted by molar-refractivity contribution is 7.94. The molecule has 7 heteroatoms. The van der Waals surface area contributed by atoms with Gasteiger partial charge in [-0.15, -0.1) is 0 Å². The molecule has 0 heterocycles. The van der Waals surface area contributed by atoms with Crippen LogP contribution in [-0.2, 0) is 28.8 Å². The van der Waals surface area contributed by atoms with Crippen LogP contribution in [0.5, 0.6) is 0 Å². The van der Waals surface area contributed by atoms with Crippen LogP contribution in [0.3, 0.4) is 0 Å². The molecule has 1 aromatic rings. The average Bonchev–Trinajstić information content (AvgIpc) is 2.49. The van der Waals surface area contributed by atoms with E-state index >= 15 is 0 Å². The number of methoxy groups -OCH3 is 1. The lowest BCUT2D eigenvalue weighted by molar-refractivity contribution is -0.150. The fourth-order valence-electron chi connectivity index (χ4n) is 1.79. The highest BCUT2D eigenvalue weighted by atomic mass is 32.2. The maximum Gasteiger partial charge on any atom is 0.337 e. The Labute approximate surface area is 149 Å². The first-order valence-corrected chi connectivity index (χ1v) is 9.42. The number of rotatable bonds is 8. The lowest BCUT2D eigenvalue weighted by Crippen LogP contribution is -2.26. The molecular weight excluding hydrogens is 344 g/mol. The summed E-state index contributed by atoms with van der Waals surface area (Å²) in [6.07, 6.45) is 0. The van der Waals surface area contributed by atoms with Crippen molar-refractivity contribution in [3.8, 4) is 0 Å². The largest absolute Gasteiger partial charge is 0.457 e. The molecular formula is C18H26O6S. The van der Waals surface area contributed by atoms with Crippen molar-refractivity contribution in [1.29, 1.82) is 0 Å². The Morgan fingerprint density at radius 1 is 1.12 bits per heavy atom. The van der Waals surface area contributed by atoms with Gasteiger partial charge in [-0.3, -0.25) is 0 Å². The van der Waals surface area contributed by atoms with Crippen LogP contribution in [0.15, 0.2) is 40.1 Å². The van der Waals surface area contributed by atoms with Gasteiger partial charge in [0.25, 0.3) is 0 Å². The molecule has 0 amide bonds. The Bertz CT molecular complexity index is 696. The molecule has 0 atom stereocenters. The molecule has 0 aliphatic rings. The van der Waals surface area contributed by atoms with Crippen molar-refractivity contribution in [2.24, 2.45) is 0 Å². The number of aryl methyl sites for hydroxylation is 1. The predicted molar refractivity (Wildman–Crippen MR) is 95.0 cm³/mol. The predicted octanol–water partition coefficient (Wildman–Crippen LogP) is 2.66. The molecule has 25 heavy (non-hydrogen) atoms. The first-order valence-electron chi connectivity index (χ1n) is 7.87. The molecule has 0 unspecified atom stereocenters. The van der Waals surface area contributed by atoms with Gasteiger partial charge in [0.05, 0.1) is 30.3 Å². The molecule has 0 saturated carbocycles. The standard InChI is InChI=1S/C18H26O6S/c1-14-6-8-16(9-7-14)25(20,21)13-15(12-23-11-10-22-5)17(19)24-18(2,3)4/h6-9,13H,10-12H2,1-5H3. The molecule has 6 nitrogen and oxygen atoms in total. The second kappa shape index (κ2) is 9.12. The molecule has 0 aliphatic heterocycles. The monoisotopic (exact) mass is 370 g/mol. The first-order chi connectivity index (χ1) is 11.5. The molecule has 0 bridgehead atoms. The average molecular weight is 370 g/mol. The van der Waals surface area contributed by atoms with E-state index in [-0.39, 0.29) is 23.7 Å². The normalized spacial score (nSPS) is 12.9. The van der Waals surface area contributed by atoms with Gasteiger partial charge in [-0.2, -0.15) is 0 Å². The number of sulfone groups is 1. The third-order valence-electron chi connectivity index (χ3n) is 3.00. The third kappa shape index (κ3) is 7.81. The van der Waals surface area contributed by atoms with Crippen molar-refractivity contribution < 1.29 is 27.4 Å². The molecule has 0 saturated heterocycles. The van der Waals surface area contributed by atoms with Crippen LogP contribution in [0, 0.1) is 6.92 Å². The van der Waals surface area contributed by atoms with Crippen LogP contribution < -0.4 is 0 Å². The number of benzene rings is 1. The number of esters is 1. The van der Waals surface area contributed by atoms with Crippen molar-refractivity contribution in [2.45, 2.75) is 38.2 Å². The van der Waals surface area contributed by atoms with Gasteiger partial charge in [-0.05, 0) is 39.8 Å². The molecule has 0 N–H and O–H groups in total. The summed E-state index contributed by atoms with van der Waals surface area (Å²) in [7, 11) is -2.27. The zero-order valence-corrected chi connectivity index (χ0v) is 16.2. The smallest absolute Gasteiger partial charge is 0.337 e. The van der Waals surface area contributed by atoms with Crippen LogP contribution in [0.1, 0.15) is 26.3 Å². The van der Waals surface area contributed by atoms with Crippen LogP contribution in [0.2, 0.25) is 0 Å². The summed E-state index contributed by atoms with van der Waals surface area (Å²) < 4.78 is 40.6. The minimum Gasteiger partial charge on any atom is -0.457 e. The van der Waals surface area contributed by atoms with E-state index in [1.165, 1.54) is 19.2 Å². The molecule has 140 valence electrons. The second-order valence-corrected chi connectivity index (χ2v) is 8.35. The topological polar surface area (TPSA) is 78.9 Å². The number of carbonyl (C=O) groups is 1. The van der Waals surface area contributed by atoms with Crippen LogP contribution in [-0.4, -0.2) is 46.9 Å². The Morgan fingerprint density at radius 2 is 1.72 bits per heavy atom. The summed E-state index contributed by atoms with van der Waals surface area (Å²) in [6.45, 7) is 7.40. The summed E-state index contributed by atoms with van der Waals surface area (Å²) in [6, 6.07) is 6.39. The van der Waals surface area contributed by atoms with E-state index in [2.05, 4.69) is 0 Å². The summed E-state index contributed by atoms with van der Waals surface area (Å²) in [4.78, 5) is 12.4. The van der Waals surface area contributed by atoms with Crippen LogP contribution in [0.25, 0.3) is 0 Å². The molecule has 0 aliphatic carbocycles. The van der Waals surface area contributed by atoms with Crippen molar-refractivity contribution in [1.82, 2.24) is 0 Å². The summed E-state index contributed by atoms with van der Waals surface area (Å²) in [5.74, 6) is -0.722. The zero-order chi connectivity index (χ0) is 19.1. The van der Waals surface area contributed by atoms with Gasteiger partial charge in [0.15, 0.2) is 9.84 Å². The first kappa shape index (κ1) is 21.3. The molecule has 0 fully saturated rings. The lowest BCUT2D eigenvalue weighted by atomic mass is 10.2. The quantitative estimate of drug-likeness (QED) is 0.398. The minimum atomic E-state index is -3.79. The zero-order valence-electron chi connectivity index (χ0n) is 15.4. The fraction of sp³-hybridized carbons (Fsp3) is 0.500. The van der Waals surface area contributed by atoms with Crippen molar-refractivity contribution >= 4 is 15.8 Å². The summed E-state index contributed by atoms with van der Waals surface area (Å²) >= 11 is 0. The summed E-state index contributed by atoms with van der Waals surface area (Å²) in [5.41, 5.74) is 0.140. The lowest BCUT2D eigenvalue weighted by Gasteiger charge is -2.20. The van der Waals surface area contributed by atoms with Gasteiger partial charge in [0.2, 0.25) is 0 Å². The number of carbonyl (C=O) groups excluding carboxylic acids is 1. The van der Waals surface area contributed by atoms with Crippen LogP contribution in [0.4, 0.5) is 0 Å². The van der Waals surface area contributed by atoms with E-state index < -0.39 is 21.4 Å². The minimum absolute atomic E-state index is 0.0633. The number of ether oxygens (including phenoxy) is 3. The Kier molecular flexibility index (Phi) is 7.79. The van der Waals surface area contributed by atoms with Crippen molar-refractivity contribution in [3.63, 3.8) is 0 Å². The highest BCUT2D eigenvalue weighted by Gasteiger charge is 2.23. The number of hydrogen-bond acceptors (Lipinski definition) is 6.